The number of nitrogens with zero attached hydrogens (tertiary/aromatic N) is 3. The molecule has 108 valence electrons. The van der Waals surface area contributed by atoms with Crippen molar-refractivity contribution in [3.8, 4) is 11.4 Å². The van der Waals surface area contributed by atoms with E-state index in [0.717, 1.165) is 0 Å². The third-order valence-electron chi connectivity index (χ3n) is 3.35. The van der Waals surface area contributed by atoms with Crippen molar-refractivity contribution in [3.63, 3.8) is 0 Å². The van der Waals surface area contributed by atoms with E-state index >= 15 is 0 Å². The standard InChI is InChI=1S/C13H11N3O5/c1-20-13(17)8-4-2-7(3-5-8)11-14-12(21-15-11)9-6-10(9)16(18)19/h2-5,9-10H,6H2,1H3/t9-,10-/m0/s1. The van der Waals surface area contributed by atoms with Gasteiger partial charge in [0.05, 0.1) is 12.7 Å². The van der Waals surface area contributed by atoms with Gasteiger partial charge in [0.25, 0.3) is 0 Å². The Labute approximate surface area is 118 Å². The summed E-state index contributed by atoms with van der Waals surface area (Å²) >= 11 is 0. The quantitative estimate of drug-likeness (QED) is 0.478. The molecule has 0 spiro atoms. The molecule has 1 aliphatic rings. The second-order valence-corrected chi connectivity index (χ2v) is 4.72. The van der Waals surface area contributed by atoms with Crippen molar-refractivity contribution < 1.29 is 19.0 Å². The lowest BCUT2D eigenvalue weighted by atomic mass is 10.1. The number of aromatic nitrogens is 2. The first-order chi connectivity index (χ1) is 10.1. The lowest BCUT2D eigenvalue weighted by Crippen LogP contribution is -2.02. The number of benzene rings is 1. The molecule has 1 fully saturated rings. The molecule has 1 saturated carbocycles. The van der Waals surface area contributed by atoms with Gasteiger partial charge in [-0.25, -0.2) is 4.79 Å². The number of methoxy groups -OCH3 is 1. The Morgan fingerprint density at radius 3 is 2.71 bits per heavy atom. The van der Waals surface area contributed by atoms with E-state index in [-0.39, 0.29) is 16.7 Å². The SMILES string of the molecule is COC(=O)c1ccc(-c2noc([C@H]3C[C@@H]3[N+](=O)[O-])n2)cc1. The van der Waals surface area contributed by atoms with E-state index in [2.05, 4.69) is 14.9 Å². The summed E-state index contributed by atoms with van der Waals surface area (Å²) < 4.78 is 9.67. The van der Waals surface area contributed by atoms with E-state index in [4.69, 9.17) is 4.52 Å². The van der Waals surface area contributed by atoms with Crippen molar-refractivity contribution in [2.75, 3.05) is 7.11 Å². The molecule has 1 heterocycles. The normalized spacial score (nSPS) is 20.0. The minimum atomic E-state index is -0.625. The van der Waals surface area contributed by atoms with E-state index in [0.29, 0.717) is 23.4 Å². The summed E-state index contributed by atoms with van der Waals surface area (Å²) in [6.45, 7) is 0. The smallest absolute Gasteiger partial charge is 0.337 e. The number of carbonyl (C=O) groups is 1. The fourth-order valence-corrected chi connectivity index (χ4v) is 2.06. The topological polar surface area (TPSA) is 108 Å². The highest BCUT2D eigenvalue weighted by atomic mass is 16.6. The maximum atomic E-state index is 11.3. The largest absolute Gasteiger partial charge is 0.465 e. The van der Waals surface area contributed by atoms with Crippen molar-refractivity contribution in [1.82, 2.24) is 10.1 Å². The van der Waals surface area contributed by atoms with Gasteiger partial charge in [0, 0.05) is 16.9 Å². The summed E-state index contributed by atoms with van der Waals surface area (Å²) in [4.78, 5) is 25.8. The van der Waals surface area contributed by atoms with E-state index in [1.54, 1.807) is 24.3 Å². The van der Waals surface area contributed by atoms with Crippen LogP contribution < -0.4 is 0 Å². The zero-order valence-corrected chi connectivity index (χ0v) is 11.1. The van der Waals surface area contributed by atoms with Crippen molar-refractivity contribution in [3.05, 3.63) is 45.8 Å². The second-order valence-electron chi connectivity index (χ2n) is 4.72. The first-order valence-electron chi connectivity index (χ1n) is 6.26. The van der Waals surface area contributed by atoms with Crippen LogP contribution in [0.25, 0.3) is 11.4 Å². The van der Waals surface area contributed by atoms with E-state index in [1.807, 2.05) is 0 Å². The Balaban J connectivity index is 1.77. The molecule has 0 amide bonds. The van der Waals surface area contributed by atoms with Crippen LogP contribution in [-0.2, 0) is 4.74 Å². The van der Waals surface area contributed by atoms with Crippen molar-refractivity contribution in [2.45, 2.75) is 18.4 Å². The van der Waals surface area contributed by atoms with Gasteiger partial charge in [-0.1, -0.05) is 17.3 Å². The summed E-state index contributed by atoms with van der Waals surface area (Å²) in [5, 5.41) is 14.4. The molecule has 0 bridgehead atoms. The molecular weight excluding hydrogens is 278 g/mol. The number of nitro groups is 1. The number of rotatable bonds is 4. The van der Waals surface area contributed by atoms with Gasteiger partial charge in [-0.2, -0.15) is 4.98 Å². The predicted octanol–water partition coefficient (Wildman–Crippen LogP) is 1.66. The lowest BCUT2D eigenvalue weighted by molar-refractivity contribution is -0.496. The molecule has 0 N–H and O–H groups in total. The number of hydrogen-bond acceptors (Lipinski definition) is 7. The zero-order valence-electron chi connectivity index (χ0n) is 11.1. The summed E-state index contributed by atoms with van der Waals surface area (Å²) in [7, 11) is 1.31. The van der Waals surface area contributed by atoms with Crippen LogP contribution in [0.1, 0.15) is 28.6 Å². The first-order valence-corrected chi connectivity index (χ1v) is 6.26. The van der Waals surface area contributed by atoms with Gasteiger partial charge in [0.15, 0.2) is 0 Å². The summed E-state index contributed by atoms with van der Waals surface area (Å²) in [5.74, 6) is -0.100. The van der Waals surface area contributed by atoms with Gasteiger partial charge < -0.3 is 9.26 Å². The first kappa shape index (κ1) is 13.2. The Bertz CT molecular complexity index is 694. The fourth-order valence-electron chi connectivity index (χ4n) is 2.06. The van der Waals surface area contributed by atoms with Gasteiger partial charge in [0.2, 0.25) is 17.8 Å². The van der Waals surface area contributed by atoms with Gasteiger partial charge in [-0.15, -0.1) is 0 Å². The molecule has 2 aromatic rings. The second kappa shape index (κ2) is 4.97. The zero-order chi connectivity index (χ0) is 15.0. The van der Waals surface area contributed by atoms with Crippen LogP contribution in [0.5, 0.6) is 0 Å². The van der Waals surface area contributed by atoms with Gasteiger partial charge in [-0.05, 0) is 12.1 Å². The van der Waals surface area contributed by atoms with Crippen molar-refractivity contribution in [1.29, 1.82) is 0 Å². The van der Waals surface area contributed by atoms with Crippen LogP contribution in [-0.4, -0.2) is 34.2 Å². The molecule has 3 rings (SSSR count). The number of carbonyl (C=O) groups excluding carboxylic acids is 1. The maximum Gasteiger partial charge on any atom is 0.337 e. The molecule has 1 aromatic carbocycles. The van der Waals surface area contributed by atoms with Gasteiger partial charge in [-0.3, -0.25) is 10.1 Å². The van der Waals surface area contributed by atoms with Crippen LogP contribution in [0.2, 0.25) is 0 Å². The lowest BCUT2D eigenvalue weighted by Gasteiger charge is -1.99. The average molecular weight is 289 g/mol. The number of hydrogen-bond donors (Lipinski definition) is 0. The molecule has 0 radical (unpaired) electrons. The third-order valence-corrected chi connectivity index (χ3v) is 3.35. The third kappa shape index (κ3) is 2.47. The Morgan fingerprint density at radius 2 is 2.14 bits per heavy atom. The predicted molar refractivity (Wildman–Crippen MR) is 69.2 cm³/mol. The Morgan fingerprint density at radius 1 is 1.43 bits per heavy atom. The number of ether oxygens (including phenoxy) is 1. The number of esters is 1. The fraction of sp³-hybridized carbons (Fsp3) is 0.308. The van der Waals surface area contributed by atoms with Crippen LogP contribution in [0.15, 0.2) is 28.8 Å². The molecule has 21 heavy (non-hydrogen) atoms. The summed E-state index contributed by atoms with van der Waals surface area (Å²) in [6, 6.07) is 5.89. The highest BCUT2D eigenvalue weighted by Crippen LogP contribution is 2.42. The van der Waals surface area contributed by atoms with E-state index < -0.39 is 12.0 Å². The minimum absolute atomic E-state index is 0.281. The molecule has 1 aliphatic carbocycles. The van der Waals surface area contributed by atoms with Crippen LogP contribution >= 0.6 is 0 Å². The molecule has 8 nitrogen and oxygen atoms in total. The Hall–Kier alpha value is -2.77. The Kier molecular flexibility index (Phi) is 3.13. The molecule has 1 aromatic heterocycles. The average Bonchev–Trinajstić information content (AvgIpc) is 3.17. The molecule has 2 atom stereocenters. The molecule has 0 saturated heterocycles. The van der Waals surface area contributed by atoms with Crippen LogP contribution in [0, 0.1) is 10.1 Å². The van der Waals surface area contributed by atoms with Crippen LogP contribution in [0.3, 0.4) is 0 Å². The van der Waals surface area contributed by atoms with Crippen molar-refractivity contribution in [2.24, 2.45) is 0 Å². The van der Waals surface area contributed by atoms with E-state index in [1.165, 1.54) is 7.11 Å². The van der Waals surface area contributed by atoms with Gasteiger partial charge in [0.1, 0.15) is 5.92 Å². The highest BCUT2D eigenvalue weighted by Gasteiger charge is 2.53. The van der Waals surface area contributed by atoms with E-state index in [9.17, 15) is 14.9 Å². The molecule has 0 aliphatic heterocycles. The maximum absolute atomic E-state index is 11.3. The van der Waals surface area contributed by atoms with Gasteiger partial charge >= 0.3 is 5.97 Å². The molecule has 0 unspecified atom stereocenters. The molecular formula is C13H11N3O5. The highest BCUT2D eigenvalue weighted by molar-refractivity contribution is 5.89. The summed E-state index contributed by atoms with van der Waals surface area (Å²) in [6.07, 6.45) is 0.426. The molecule has 8 heteroatoms. The minimum Gasteiger partial charge on any atom is -0.465 e. The summed E-state index contributed by atoms with van der Waals surface area (Å²) in [5.41, 5.74) is 1.08. The van der Waals surface area contributed by atoms with Crippen molar-refractivity contribution >= 4 is 5.97 Å². The monoisotopic (exact) mass is 289 g/mol. The van der Waals surface area contributed by atoms with Crippen LogP contribution in [0.4, 0.5) is 0 Å².